The molecule has 6 heteroatoms. The summed E-state index contributed by atoms with van der Waals surface area (Å²) in [7, 11) is 1.54. The van der Waals surface area contributed by atoms with Crippen LogP contribution in [0.4, 0.5) is 10.5 Å². The van der Waals surface area contributed by atoms with Gasteiger partial charge in [-0.15, -0.1) is 0 Å². The van der Waals surface area contributed by atoms with Crippen molar-refractivity contribution in [3.05, 3.63) is 29.3 Å². The predicted octanol–water partition coefficient (Wildman–Crippen LogP) is 1.19. The molecule has 0 saturated heterocycles. The Morgan fingerprint density at radius 2 is 2.00 bits per heavy atom. The van der Waals surface area contributed by atoms with Crippen LogP contribution in [0.3, 0.4) is 0 Å². The fourth-order valence-electron chi connectivity index (χ4n) is 1.67. The molecule has 0 aromatic heterocycles. The summed E-state index contributed by atoms with van der Waals surface area (Å²) in [4.78, 5) is 22.9. The van der Waals surface area contributed by atoms with Crippen LogP contribution < -0.4 is 16.0 Å². The van der Waals surface area contributed by atoms with Crippen molar-refractivity contribution in [2.24, 2.45) is 0 Å². The van der Waals surface area contributed by atoms with Crippen molar-refractivity contribution < 1.29 is 14.3 Å². The quantitative estimate of drug-likeness (QED) is 0.683. The first-order chi connectivity index (χ1) is 9.52. The Morgan fingerprint density at radius 1 is 1.25 bits per heavy atom. The summed E-state index contributed by atoms with van der Waals surface area (Å²) in [6.45, 7) is 4.78. The third-order valence-corrected chi connectivity index (χ3v) is 2.67. The van der Waals surface area contributed by atoms with Crippen LogP contribution in [-0.2, 0) is 9.53 Å². The smallest absolute Gasteiger partial charge is 0.321 e. The highest BCUT2D eigenvalue weighted by Crippen LogP contribution is 2.15. The lowest BCUT2D eigenvalue weighted by Gasteiger charge is -2.10. The lowest BCUT2D eigenvalue weighted by molar-refractivity contribution is -0.118. The minimum absolute atomic E-state index is 0.0433. The van der Waals surface area contributed by atoms with E-state index in [1.54, 1.807) is 7.11 Å². The summed E-state index contributed by atoms with van der Waals surface area (Å²) in [6, 6.07) is 5.38. The van der Waals surface area contributed by atoms with Crippen molar-refractivity contribution in [3.63, 3.8) is 0 Å². The Morgan fingerprint density at radius 3 is 2.65 bits per heavy atom. The van der Waals surface area contributed by atoms with Gasteiger partial charge in [-0.1, -0.05) is 17.7 Å². The topological polar surface area (TPSA) is 79.5 Å². The molecule has 3 N–H and O–H groups in total. The first-order valence-corrected chi connectivity index (χ1v) is 6.40. The van der Waals surface area contributed by atoms with Gasteiger partial charge in [0.05, 0.1) is 13.2 Å². The van der Waals surface area contributed by atoms with Gasteiger partial charge < -0.3 is 15.4 Å². The molecule has 1 aromatic rings. The van der Waals surface area contributed by atoms with Crippen molar-refractivity contribution >= 4 is 17.6 Å². The molecule has 0 heterocycles. The van der Waals surface area contributed by atoms with E-state index in [-0.39, 0.29) is 12.5 Å². The summed E-state index contributed by atoms with van der Waals surface area (Å²) >= 11 is 0. The fourth-order valence-corrected chi connectivity index (χ4v) is 1.67. The minimum atomic E-state index is -0.519. The molecule has 1 aromatic carbocycles. The predicted molar refractivity (Wildman–Crippen MR) is 77.8 cm³/mol. The SMILES string of the molecule is COCCNC(=O)NC(=O)CNc1ccc(C)cc1C. The van der Waals surface area contributed by atoms with Crippen molar-refractivity contribution in [3.8, 4) is 0 Å². The molecule has 0 saturated carbocycles. The number of carbonyl (C=O) groups excluding carboxylic acids is 2. The number of hydrogen-bond donors (Lipinski definition) is 3. The van der Waals surface area contributed by atoms with Crippen LogP contribution >= 0.6 is 0 Å². The van der Waals surface area contributed by atoms with E-state index in [1.165, 1.54) is 0 Å². The minimum Gasteiger partial charge on any atom is -0.383 e. The van der Waals surface area contributed by atoms with Crippen molar-refractivity contribution in [2.75, 3.05) is 32.1 Å². The summed E-state index contributed by atoms with van der Waals surface area (Å²) in [6.07, 6.45) is 0. The molecule has 0 aliphatic heterocycles. The van der Waals surface area contributed by atoms with E-state index >= 15 is 0 Å². The highest BCUT2D eigenvalue weighted by atomic mass is 16.5. The van der Waals surface area contributed by atoms with Crippen LogP contribution in [0.25, 0.3) is 0 Å². The van der Waals surface area contributed by atoms with Crippen LogP contribution in [0.2, 0.25) is 0 Å². The molecule has 0 spiro atoms. The second-order valence-electron chi connectivity index (χ2n) is 4.47. The third kappa shape index (κ3) is 5.71. The van der Waals surface area contributed by atoms with E-state index in [4.69, 9.17) is 4.74 Å². The van der Waals surface area contributed by atoms with Gasteiger partial charge >= 0.3 is 6.03 Å². The average molecular weight is 279 g/mol. The molecule has 0 radical (unpaired) electrons. The lowest BCUT2D eigenvalue weighted by atomic mass is 10.1. The number of hydrogen-bond acceptors (Lipinski definition) is 4. The van der Waals surface area contributed by atoms with Gasteiger partial charge in [-0.25, -0.2) is 4.79 Å². The van der Waals surface area contributed by atoms with Gasteiger partial charge in [0.25, 0.3) is 0 Å². The van der Waals surface area contributed by atoms with E-state index in [0.717, 1.165) is 16.8 Å². The molecular formula is C14H21N3O3. The molecule has 1 rings (SSSR count). The number of urea groups is 1. The van der Waals surface area contributed by atoms with E-state index in [9.17, 15) is 9.59 Å². The summed E-state index contributed by atoms with van der Waals surface area (Å²) in [5.41, 5.74) is 3.10. The van der Waals surface area contributed by atoms with Crippen LogP contribution in [0.1, 0.15) is 11.1 Å². The molecule has 3 amide bonds. The number of amides is 3. The Balaban J connectivity index is 2.34. The highest BCUT2D eigenvalue weighted by molar-refractivity contribution is 5.96. The molecule has 0 atom stereocenters. The molecule has 110 valence electrons. The maximum atomic E-state index is 11.6. The van der Waals surface area contributed by atoms with Gasteiger partial charge in [0.2, 0.25) is 5.91 Å². The van der Waals surface area contributed by atoms with Gasteiger partial charge in [0.15, 0.2) is 0 Å². The number of methoxy groups -OCH3 is 1. The Kier molecular flexibility index (Phi) is 6.52. The molecule has 0 bridgehead atoms. The Labute approximate surface area is 118 Å². The first kappa shape index (κ1) is 16.0. The number of benzene rings is 1. The van der Waals surface area contributed by atoms with Crippen molar-refractivity contribution in [1.29, 1.82) is 0 Å². The molecule has 0 aliphatic rings. The van der Waals surface area contributed by atoms with E-state index in [1.807, 2.05) is 32.0 Å². The number of rotatable bonds is 6. The monoisotopic (exact) mass is 279 g/mol. The molecular weight excluding hydrogens is 258 g/mol. The summed E-state index contributed by atoms with van der Waals surface area (Å²) < 4.78 is 4.79. The number of carbonyl (C=O) groups is 2. The number of imide groups is 1. The number of aryl methyl sites for hydroxylation is 2. The van der Waals surface area contributed by atoms with Crippen LogP contribution in [0.15, 0.2) is 18.2 Å². The summed E-state index contributed by atoms with van der Waals surface area (Å²) in [5, 5.41) is 7.74. The van der Waals surface area contributed by atoms with Crippen LogP contribution in [0.5, 0.6) is 0 Å². The van der Waals surface area contributed by atoms with Gasteiger partial charge in [-0.2, -0.15) is 0 Å². The normalized spacial score (nSPS) is 9.95. The molecule has 0 fully saturated rings. The maximum Gasteiger partial charge on any atom is 0.321 e. The second kappa shape index (κ2) is 8.16. The molecule has 6 nitrogen and oxygen atoms in total. The zero-order valence-corrected chi connectivity index (χ0v) is 12.1. The maximum absolute atomic E-state index is 11.6. The largest absolute Gasteiger partial charge is 0.383 e. The average Bonchev–Trinajstić information content (AvgIpc) is 2.38. The van der Waals surface area contributed by atoms with Gasteiger partial charge in [0.1, 0.15) is 0 Å². The zero-order chi connectivity index (χ0) is 15.0. The standard InChI is InChI=1S/C14H21N3O3/c1-10-4-5-12(11(2)8-10)16-9-13(18)17-14(19)15-6-7-20-3/h4-5,8,16H,6-7,9H2,1-3H3,(H2,15,17,18,19). The van der Waals surface area contributed by atoms with Gasteiger partial charge in [-0.05, 0) is 25.5 Å². The summed E-state index contributed by atoms with van der Waals surface area (Å²) in [5.74, 6) is -0.389. The molecule has 0 aliphatic carbocycles. The van der Waals surface area contributed by atoms with E-state index < -0.39 is 6.03 Å². The van der Waals surface area contributed by atoms with E-state index in [0.29, 0.717) is 13.2 Å². The molecule has 0 unspecified atom stereocenters. The van der Waals surface area contributed by atoms with Gasteiger partial charge in [0, 0.05) is 19.3 Å². The zero-order valence-electron chi connectivity index (χ0n) is 12.1. The van der Waals surface area contributed by atoms with Gasteiger partial charge in [-0.3, -0.25) is 10.1 Å². The van der Waals surface area contributed by atoms with E-state index in [2.05, 4.69) is 16.0 Å². The molecule has 20 heavy (non-hydrogen) atoms. The Bertz CT molecular complexity index is 475. The Hall–Kier alpha value is -2.08. The highest BCUT2D eigenvalue weighted by Gasteiger charge is 2.07. The van der Waals surface area contributed by atoms with Crippen LogP contribution in [-0.4, -0.2) is 38.7 Å². The third-order valence-electron chi connectivity index (χ3n) is 2.67. The number of nitrogens with one attached hydrogen (secondary N) is 3. The fraction of sp³-hybridized carbons (Fsp3) is 0.429. The first-order valence-electron chi connectivity index (χ1n) is 6.40. The number of anilines is 1. The van der Waals surface area contributed by atoms with Crippen molar-refractivity contribution in [1.82, 2.24) is 10.6 Å². The van der Waals surface area contributed by atoms with Crippen LogP contribution in [0, 0.1) is 13.8 Å². The number of ether oxygens (including phenoxy) is 1. The van der Waals surface area contributed by atoms with Crippen molar-refractivity contribution in [2.45, 2.75) is 13.8 Å². The second-order valence-corrected chi connectivity index (χ2v) is 4.47. The lowest BCUT2D eigenvalue weighted by Crippen LogP contribution is -2.43.